The van der Waals surface area contributed by atoms with Gasteiger partial charge in [-0.3, -0.25) is 4.79 Å². The number of amides is 1. The molecule has 7 nitrogen and oxygen atoms in total. The van der Waals surface area contributed by atoms with Crippen LogP contribution in [0.2, 0.25) is 0 Å². The second-order valence-electron chi connectivity index (χ2n) is 8.55. The van der Waals surface area contributed by atoms with Crippen molar-refractivity contribution in [2.24, 2.45) is 0 Å². The van der Waals surface area contributed by atoms with Crippen molar-refractivity contribution in [3.8, 4) is 0 Å². The molecule has 2 aromatic rings. The van der Waals surface area contributed by atoms with Crippen molar-refractivity contribution in [3.05, 3.63) is 59.7 Å². The molecule has 0 unspecified atom stereocenters. The number of nitrogens with zero attached hydrogens (tertiary/aromatic N) is 3. The van der Waals surface area contributed by atoms with Gasteiger partial charge in [-0.15, -0.1) is 0 Å². The fourth-order valence-corrected chi connectivity index (χ4v) is 6.03. The van der Waals surface area contributed by atoms with Crippen LogP contribution >= 0.6 is 0 Å². The minimum absolute atomic E-state index is 0.154. The zero-order valence-corrected chi connectivity index (χ0v) is 20.1. The lowest BCUT2D eigenvalue weighted by molar-refractivity contribution is 0.0751. The minimum atomic E-state index is -3.64. The van der Waals surface area contributed by atoms with E-state index in [0.717, 1.165) is 30.5 Å². The second-order valence-corrected chi connectivity index (χ2v) is 10.5. The van der Waals surface area contributed by atoms with Crippen molar-refractivity contribution in [3.63, 3.8) is 0 Å². The first kappa shape index (κ1) is 23.7. The molecule has 0 saturated carbocycles. The number of carbonyl (C=O) groups is 1. The van der Waals surface area contributed by atoms with Gasteiger partial charge < -0.3 is 14.5 Å². The van der Waals surface area contributed by atoms with Crippen molar-refractivity contribution in [2.45, 2.75) is 37.6 Å². The minimum Gasteiger partial charge on any atom is -0.378 e. The Balaban J connectivity index is 1.70. The first-order valence-electron chi connectivity index (χ1n) is 11.8. The highest BCUT2D eigenvalue weighted by Gasteiger charge is 2.29. The Morgan fingerprint density at radius 2 is 1.67 bits per heavy atom. The summed E-state index contributed by atoms with van der Waals surface area (Å²) in [6.07, 6.45) is 2.80. The van der Waals surface area contributed by atoms with Crippen molar-refractivity contribution in [1.29, 1.82) is 0 Å². The maximum atomic E-state index is 13.8. The Hall–Kier alpha value is -2.42. The van der Waals surface area contributed by atoms with Crippen molar-refractivity contribution < 1.29 is 17.9 Å². The van der Waals surface area contributed by atoms with E-state index in [1.54, 1.807) is 27.4 Å². The molecule has 33 heavy (non-hydrogen) atoms. The van der Waals surface area contributed by atoms with Gasteiger partial charge in [0, 0.05) is 45.0 Å². The Labute approximate surface area is 197 Å². The zero-order valence-electron chi connectivity index (χ0n) is 19.3. The number of piperidine rings is 1. The predicted molar refractivity (Wildman–Crippen MR) is 129 cm³/mol. The van der Waals surface area contributed by atoms with Crippen LogP contribution in [0.4, 0.5) is 5.69 Å². The summed E-state index contributed by atoms with van der Waals surface area (Å²) in [5.41, 5.74) is 2.25. The van der Waals surface area contributed by atoms with Gasteiger partial charge in [0.2, 0.25) is 10.0 Å². The van der Waals surface area contributed by atoms with Gasteiger partial charge in [-0.2, -0.15) is 4.31 Å². The molecule has 2 aliphatic rings. The number of sulfonamides is 1. The van der Waals surface area contributed by atoms with E-state index in [1.165, 1.54) is 0 Å². The van der Waals surface area contributed by atoms with E-state index in [0.29, 0.717) is 58.0 Å². The summed E-state index contributed by atoms with van der Waals surface area (Å²) in [6, 6.07) is 14.9. The molecule has 0 radical (unpaired) electrons. The second kappa shape index (κ2) is 10.7. The lowest BCUT2D eigenvalue weighted by Gasteiger charge is -2.32. The Kier molecular flexibility index (Phi) is 7.67. The van der Waals surface area contributed by atoms with Gasteiger partial charge in [0.05, 0.1) is 23.7 Å². The van der Waals surface area contributed by atoms with Gasteiger partial charge in [-0.25, -0.2) is 8.42 Å². The summed E-state index contributed by atoms with van der Waals surface area (Å²) >= 11 is 0. The third-order valence-electron chi connectivity index (χ3n) is 6.39. The number of ether oxygens (including phenoxy) is 1. The van der Waals surface area contributed by atoms with Crippen LogP contribution in [-0.4, -0.2) is 69.5 Å². The molecule has 0 spiro atoms. The van der Waals surface area contributed by atoms with Crippen molar-refractivity contribution >= 4 is 21.6 Å². The van der Waals surface area contributed by atoms with E-state index in [9.17, 15) is 13.2 Å². The number of anilines is 1. The van der Waals surface area contributed by atoms with Gasteiger partial charge in [-0.1, -0.05) is 36.8 Å². The number of carbonyl (C=O) groups excluding carboxylic acids is 1. The van der Waals surface area contributed by atoms with Crippen LogP contribution in [0.15, 0.2) is 53.4 Å². The molecule has 4 rings (SSSR count). The van der Waals surface area contributed by atoms with Crippen LogP contribution in [0.5, 0.6) is 0 Å². The predicted octanol–water partition coefficient (Wildman–Crippen LogP) is 3.36. The Bertz CT molecular complexity index is 1050. The maximum absolute atomic E-state index is 13.8. The number of hydrogen-bond donors (Lipinski definition) is 0. The molecule has 0 aromatic heterocycles. The van der Waals surface area contributed by atoms with Crippen LogP contribution in [0.25, 0.3) is 0 Å². The molecule has 2 aromatic carbocycles. The van der Waals surface area contributed by atoms with Gasteiger partial charge >= 0.3 is 0 Å². The van der Waals surface area contributed by atoms with E-state index < -0.39 is 10.0 Å². The number of morpholine rings is 1. The van der Waals surface area contributed by atoms with E-state index in [4.69, 9.17) is 4.74 Å². The van der Waals surface area contributed by atoms with Gasteiger partial charge in [0.25, 0.3) is 5.91 Å². The molecule has 0 N–H and O–H groups in total. The fraction of sp³-hybridized carbons (Fsp3) is 0.480. The summed E-state index contributed by atoms with van der Waals surface area (Å²) < 4.78 is 33.7. The Morgan fingerprint density at radius 1 is 0.970 bits per heavy atom. The van der Waals surface area contributed by atoms with E-state index in [1.807, 2.05) is 37.3 Å². The van der Waals surface area contributed by atoms with Crippen molar-refractivity contribution in [1.82, 2.24) is 9.21 Å². The zero-order chi connectivity index (χ0) is 23.3. The number of hydrogen-bond acceptors (Lipinski definition) is 5. The highest BCUT2D eigenvalue weighted by atomic mass is 32.2. The molecule has 0 bridgehead atoms. The van der Waals surface area contributed by atoms with Gasteiger partial charge in [0.1, 0.15) is 0 Å². The smallest absolute Gasteiger partial charge is 0.256 e. The van der Waals surface area contributed by atoms with Crippen LogP contribution in [0.1, 0.15) is 42.1 Å². The lowest BCUT2D eigenvalue weighted by atomic mass is 10.1. The average Bonchev–Trinajstić information content (AvgIpc) is 2.88. The summed E-state index contributed by atoms with van der Waals surface area (Å²) in [5.74, 6) is -0.154. The van der Waals surface area contributed by atoms with Crippen LogP contribution in [0, 0.1) is 0 Å². The lowest BCUT2D eigenvalue weighted by Crippen LogP contribution is -2.39. The molecular weight excluding hydrogens is 438 g/mol. The number of rotatable bonds is 7. The van der Waals surface area contributed by atoms with E-state index in [2.05, 4.69) is 4.90 Å². The topological polar surface area (TPSA) is 70.2 Å². The SMILES string of the molecule is CCN(Cc1ccccc1)C(=O)c1cc(S(=O)(=O)N2CCCCC2)ccc1N1CCOCC1. The third kappa shape index (κ3) is 5.39. The first-order valence-corrected chi connectivity index (χ1v) is 13.2. The van der Waals surface area contributed by atoms with Gasteiger partial charge in [0.15, 0.2) is 0 Å². The molecule has 2 aliphatic heterocycles. The van der Waals surface area contributed by atoms with Crippen molar-refractivity contribution in [2.75, 3.05) is 50.8 Å². The maximum Gasteiger partial charge on any atom is 0.256 e. The molecule has 2 fully saturated rings. The average molecular weight is 472 g/mol. The monoisotopic (exact) mass is 471 g/mol. The summed E-state index contributed by atoms with van der Waals surface area (Å²) in [5, 5.41) is 0. The van der Waals surface area contributed by atoms with Crippen LogP contribution in [0.3, 0.4) is 0 Å². The van der Waals surface area contributed by atoms with Gasteiger partial charge in [-0.05, 0) is 43.5 Å². The molecule has 2 saturated heterocycles. The fourth-order valence-electron chi connectivity index (χ4n) is 4.48. The summed E-state index contributed by atoms with van der Waals surface area (Å²) in [6.45, 7) is 6.53. The largest absolute Gasteiger partial charge is 0.378 e. The molecule has 2 heterocycles. The molecule has 1 amide bonds. The highest BCUT2D eigenvalue weighted by Crippen LogP contribution is 2.29. The molecule has 178 valence electrons. The Morgan fingerprint density at radius 3 is 2.33 bits per heavy atom. The number of benzene rings is 2. The van der Waals surface area contributed by atoms with Crippen LogP contribution in [-0.2, 0) is 21.3 Å². The molecular formula is C25H33N3O4S. The molecule has 0 aliphatic carbocycles. The highest BCUT2D eigenvalue weighted by molar-refractivity contribution is 7.89. The van der Waals surface area contributed by atoms with E-state index >= 15 is 0 Å². The molecule has 0 atom stereocenters. The normalized spacial score (nSPS) is 17.7. The van der Waals surface area contributed by atoms with Crippen LogP contribution < -0.4 is 4.90 Å². The molecule has 8 heteroatoms. The summed E-state index contributed by atoms with van der Waals surface area (Å²) in [7, 11) is -3.64. The quantitative estimate of drug-likeness (QED) is 0.619. The standard InChI is InChI=1S/C25H33N3O4S/c1-2-26(20-21-9-5-3-6-10-21)25(29)23-19-22(33(30,31)28-13-7-4-8-14-28)11-12-24(23)27-15-17-32-18-16-27/h3,5-6,9-12,19H,2,4,7-8,13-18,20H2,1H3. The van der Waals surface area contributed by atoms with E-state index in [-0.39, 0.29) is 10.8 Å². The first-order chi connectivity index (χ1) is 16.0. The summed E-state index contributed by atoms with van der Waals surface area (Å²) in [4.78, 5) is 17.8. The third-order valence-corrected chi connectivity index (χ3v) is 8.28.